The van der Waals surface area contributed by atoms with Gasteiger partial charge in [-0.2, -0.15) is 13.2 Å². The summed E-state index contributed by atoms with van der Waals surface area (Å²) < 4.78 is 37.7. The Bertz CT molecular complexity index is 638. The van der Waals surface area contributed by atoms with Gasteiger partial charge in [-0.25, -0.2) is 0 Å². The number of hydrogen-bond donors (Lipinski definition) is 0. The summed E-state index contributed by atoms with van der Waals surface area (Å²) in [4.78, 5) is 12.3. The maximum absolute atomic E-state index is 12.6. The van der Waals surface area contributed by atoms with Crippen molar-refractivity contribution in [1.82, 2.24) is 0 Å². The van der Waals surface area contributed by atoms with Crippen LogP contribution in [0.1, 0.15) is 15.9 Å². The molecule has 2 rings (SSSR count). The second-order valence-electron chi connectivity index (χ2n) is 4.24. The van der Waals surface area contributed by atoms with Crippen LogP contribution in [-0.2, 0) is 6.18 Å². The second kappa shape index (κ2) is 6.54. The highest BCUT2D eigenvalue weighted by Gasteiger charge is 2.30. The molecule has 0 saturated heterocycles. The molecule has 0 aliphatic rings. The number of rotatable bonds is 4. The molecule has 2 aromatic carbocycles. The van der Waals surface area contributed by atoms with Crippen LogP contribution in [-0.4, -0.2) is 11.5 Å². The molecule has 0 aliphatic carbocycles. The molecule has 6 heteroatoms. The van der Waals surface area contributed by atoms with Gasteiger partial charge in [0, 0.05) is 15.5 Å². The molecule has 1 nitrogen and oxygen atoms in total. The van der Waals surface area contributed by atoms with Crippen LogP contribution >= 0.6 is 23.4 Å². The fraction of sp³-hybridized carbons (Fsp3) is 0.133. The van der Waals surface area contributed by atoms with Crippen LogP contribution in [0.5, 0.6) is 0 Å². The van der Waals surface area contributed by atoms with Crippen LogP contribution < -0.4 is 0 Å². The lowest BCUT2D eigenvalue weighted by atomic mass is 10.1. The predicted octanol–water partition coefficient (Wildman–Crippen LogP) is 5.33. The largest absolute Gasteiger partial charge is 0.416 e. The van der Waals surface area contributed by atoms with Crippen LogP contribution in [0, 0.1) is 0 Å². The summed E-state index contributed by atoms with van der Waals surface area (Å²) in [5.74, 6) is -0.0859. The second-order valence-corrected chi connectivity index (χ2v) is 5.73. The average Bonchev–Trinajstić information content (AvgIpc) is 2.45. The minimum atomic E-state index is -4.38. The zero-order chi connectivity index (χ0) is 15.5. The van der Waals surface area contributed by atoms with Gasteiger partial charge in [0.25, 0.3) is 0 Å². The molecule has 0 heterocycles. The van der Waals surface area contributed by atoms with Crippen molar-refractivity contribution in [3.05, 3.63) is 64.7 Å². The van der Waals surface area contributed by atoms with Crippen molar-refractivity contribution in [3.63, 3.8) is 0 Å². The standard InChI is InChI=1S/C15H10ClF3OS/c16-12-6-4-10(5-7-12)14(20)9-21-13-3-1-2-11(8-13)15(17,18)19/h1-8H,9H2. The number of benzene rings is 2. The zero-order valence-electron chi connectivity index (χ0n) is 10.7. The molecule has 0 radical (unpaired) electrons. The highest BCUT2D eigenvalue weighted by molar-refractivity contribution is 8.00. The molecule has 110 valence electrons. The van der Waals surface area contributed by atoms with Crippen LogP contribution in [0.4, 0.5) is 13.2 Å². The first kappa shape index (κ1) is 15.9. The summed E-state index contributed by atoms with van der Waals surface area (Å²) in [5.41, 5.74) is -0.231. The van der Waals surface area contributed by atoms with Crippen LogP contribution in [0.25, 0.3) is 0 Å². The monoisotopic (exact) mass is 330 g/mol. The van der Waals surface area contributed by atoms with Gasteiger partial charge in [-0.05, 0) is 42.5 Å². The summed E-state index contributed by atoms with van der Waals surface area (Å²) in [6.07, 6.45) is -4.38. The highest BCUT2D eigenvalue weighted by atomic mass is 35.5. The first-order chi connectivity index (χ1) is 9.86. The van der Waals surface area contributed by atoms with E-state index in [0.29, 0.717) is 15.5 Å². The molecule has 0 amide bonds. The third-order valence-electron chi connectivity index (χ3n) is 2.70. The Balaban J connectivity index is 2.03. The average molecular weight is 331 g/mol. The van der Waals surface area contributed by atoms with E-state index in [-0.39, 0.29) is 11.5 Å². The molecular weight excluding hydrogens is 321 g/mol. The van der Waals surface area contributed by atoms with Crippen LogP contribution in [0.15, 0.2) is 53.4 Å². The summed E-state index contributed by atoms with van der Waals surface area (Å²) in [5, 5.41) is 0.525. The van der Waals surface area contributed by atoms with Crippen LogP contribution in [0.2, 0.25) is 5.02 Å². The number of ketones is 1. The molecule has 0 aliphatic heterocycles. The molecule has 0 saturated carbocycles. The maximum atomic E-state index is 12.6. The quantitative estimate of drug-likeness (QED) is 0.556. The van der Waals surface area contributed by atoms with E-state index in [2.05, 4.69) is 0 Å². The number of carbonyl (C=O) groups excluding carboxylic acids is 1. The fourth-order valence-electron chi connectivity index (χ4n) is 1.63. The van der Waals surface area contributed by atoms with Crippen molar-refractivity contribution in [3.8, 4) is 0 Å². The molecule has 0 spiro atoms. The Labute approximate surface area is 129 Å². The number of Topliss-reactive ketones (excluding diaryl/α,β-unsaturated/α-hetero) is 1. The molecular formula is C15H10ClF3OS. The van der Waals surface area contributed by atoms with Gasteiger partial charge in [0.15, 0.2) is 5.78 Å². The molecule has 0 unspecified atom stereocenters. The third-order valence-corrected chi connectivity index (χ3v) is 3.94. The Hall–Kier alpha value is -1.46. The number of halogens is 4. The Morgan fingerprint density at radius 3 is 2.38 bits per heavy atom. The highest BCUT2D eigenvalue weighted by Crippen LogP contribution is 2.32. The molecule has 2 aromatic rings. The van der Waals surface area contributed by atoms with E-state index in [1.54, 1.807) is 30.3 Å². The van der Waals surface area contributed by atoms with Gasteiger partial charge in [0.1, 0.15) is 0 Å². The zero-order valence-corrected chi connectivity index (χ0v) is 12.2. The Morgan fingerprint density at radius 1 is 1.10 bits per heavy atom. The number of hydrogen-bond acceptors (Lipinski definition) is 2. The summed E-state index contributed by atoms with van der Waals surface area (Å²) >= 11 is 6.80. The van der Waals surface area contributed by atoms with E-state index >= 15 is 0 Å². The van der Waals surface area contributed by atoms with E-state index in [1.165, 1.54) is 6.07 Å². The lowest BCUT2D eigenvalue weighted by Gasteiger charge is -2.08. The first-order valence-electron chi connectivity index (χ1n) is 5.95. The van der Waals surface area contributed by atoms with E-state index in [0.717, 1.165) is 23.9 Å². The minimum absolute atomic E-state index is 0.0724. The predicted molar refractivity (Wildman–Crippen MR) is 78.0 cm³/mol. The van der Waals surface area contributed by atoms with Crippen molar-refractivity contribution >= 4 is 29.1 Å². The van der Waals surface area contributed by atoms with Crippen molar-refractivity contribution < 1.29 is 18.0 Å². The number of carbonyl (C=O) groups is 1. The molecule has 21 heavy (non-hydrogen) atoms. The van der Waals surface area contributed by atoms with Gasteiger partial charge in [-0.3, -0.25) is 4.79 Å². The van der Waals surface area contributed by atoms with E-state index < -0.39 is 11.7 Å². The fourth-order valence-corrected chi connectivity index (χ4v) is 2.61. The van der Waals surface area contributed by atoms with E-state index in [9.17, 15) is 18.0 Å². The number of alkyl halides is 3. The summed E-state index contributed by atoms with van der Waals surface area (Å²) in [7, 11) is 0. The van der Waals surface area contributed by atoms with Gasteiger partial charge >= 0.3 is 6.18 Å². The third kappa shape index (κ3) is 4.51. The normalized spacial score (nSPS) is 11.4. The van der Waals surface area contributed by atoms with Gasteiger partial charge < -0.3 is 0 Å². The lowest BCUT2D eigenvalue weighted by Crippen LogP contribution is -2.05. The topological polar surface area (TPSA) is 17.1 Å². The smallest absolute Gasteiger partial charge is 0.293 e. The summed E-state index contributed by atoms with van der Waals surface area (Å²) in [6, 6.07) is 11.3. The number of thioether (sulfide) groups is 1. The molecule has 0 fully saturated rings. The molecule has 0 N–H and O–H groups in total. The maximum Gasteiger partial charge on any atom is 0.416 e. The SMILES string of the molecule is O=C(CSc1cccc(C(F)(F)F)c1)c1ccc(Cl)cc1. The van der Waals surface area contributed by atoms with Gasteiger partial charge in [-0.15, -0.1) is 11.8 Å². The molecule has 0 aromatic heterocycles. The van der Waals surface area contributed by atoms with E-state index in [1.807, 2.05) is 0 Å². The summed E-state index contributed by atoms with van der Waals surface area (Å²) in [6.45, 7) is 0. The van der Waals surface area contributed by atoms with Crippen molar-refractivity contribution in [1.29, 1.82) is 0 Å². The Kier molecular flexibility index (Phi) is 4.96. The van der Waals surface area contributed by atoms with Crippen LogP contribution in [0.3, 0.4) is 0 Å². The van der Waals surface area contributed by atoms with Gasteiger partial charge in [-0.1, -0.05) is 17.7 Å². The van der Waals surface area contributed by atoms with Crippen molar-refractivity contribution in [2.24, 2.45) is 0 Å². The Morgan fingerprint density at radius 2 is 1.76 bits per heavy atom. The first-order valence-corrected chi connectivity index (χ1v) is 7.31. The van der Waals surface area contributed by atoms with Crippen molar-refractivity contribution in [2.45, 2.75) is 11.1 Å². The molecule has 0 bridgehead atoms. The van der Waals surface area contributed by atoms with E-state index in [4.69, 9.17) is 11.6 Å². The minimum Gasteiger partial charge on any atom is -0.293 e. The molecule has 0 atom stereocenters. The van der Waals surface area contributed by atoms with Gasteiger partial charge in [0.2, 0.25) is 0 Å². The van der Waals surface area contributed by atoms with Crippen molar-refractivity contribution in [2.75, 3.05) is 5.75 Å². The van der Waals surface area contributed by atoms with Gasteiger partial charge in [0.05, 0.1) is 11.3 Å². The lowest BCUT2D eigenvalue weighted by molar-refractivity contribution is -0.137.